The van der Waals surface area contributed by atoms with Gasteiger partial charge in [-0.2, -0.15) is 0 Å². The molecule has 2 atom stereocenters. The summed E-state index contributed by atoms with van der Waals surface area (Å²) in [5.41, 5.74) is 5.47. The predicted octanol–water partition coefficient (Wildman–Crippen LogP) is 6.37. The summed E-state index contributed by atoms with van der Waals surface area (Å²) < 4.78 is 4.47. The van der Waals surface area contributed by atoms with Gasteiger partial charge in [0.05, 0.1) is 16.7 Å². The first kappa shape index (κ1) is 18.9. The number of hydrogen-bond donors (Lipinski definition) is 0. The molecular weight excluding hydrogens is 382 g/mol. The smallest absolute Gasteiger partial charge is 0.163 e. The molecule has 2 heterocycles. The van der Waals surface area contributed by atoms with E-state index in [-0.39, 0.29) is 0 Å². The Bertz CT molecular complexity index is 1330. The first-order valence-electron chi connectivity index (χ1n) is 11.7. The number of hydrogen-bond acceptors (Lipinski definition) is 2. The molecule has 0 saturated heterocycles. The zero-order valence-corrected chi connectivity index (χ0v) is 18.4. The molecule has 2 fully saturated rings. The number of ketones is 1. The predicted molar refractivity (Wildman–Crippen MR) is 125 cm³/mol. The minimum Gasteiger partial charge on any atom is -0.338 e. The SMILES string of the molecule is CCn1c(-c2nc3cc(C(=O)CC45CCCCC4C5)ccc3n2C)cc2ccccc21. The monoisotopic (exact) mass is 411 g/mol. The van der Waals surface area contributed by atoms with Crippen LogP contribution in [0.15, 0.2) is 48.5 Å². The molecule has 2 aliphatic carbocycles. The standard InChI is InChI=1S/C27H29N3O/c1-3-30-22-10-5-4-8-18(22)15-24(30)26-28-21-14-19(11-12-23(21)29(26)2)25(31)17-27-13-7-6-9-20(27)16-27/h4-5,8,10-12,14-15,20H,3,6-7,9,13,16-17H2,1-2H3. The van der Waals surface area contributed by atoms with E-state index in [1.807, 2.05) is 12.1 Å². The highest BCUT2D eigenvalue weighted by molar-refractivity contribution is 6.00. The average molecular weight is 412 g/mol. The van der Waals surface area contributed by atoms with Gasteiger partial charge in [0, 0.05) is 36.5 Å². The molecule has 2 aliphatic rings. The summed E-state index contributed by atoms with van der Waals surface area (Å²) in [6.07, 6.45) is 7.17. The van der Waals surface area contributed by atoms with Crippen LogP contribution in [0.25, 0.3) is 33.5 Å². The molecule has 4 heteroatoms. The van der Waals surface area contributed by atoms with Crippen LogP contribution in [0, 0.1) is 11.3 Å². The number of para-hydroxylation sites is 1. The second-order valence-electron chi connectivity index (χ2n) is 9.64. The zero-order valence-electron chi connectivity index (χ0n) is 18.4. The van der Waals surface area contributed by atoms with Crippen LogP contribution in [0.4, 0.5) is 0 Å². The maximum Gasteiger partial charge on any atom is 0.163 e. The van der Waals surface area contributed by atoms with E-state index < -0.39 is 0 Å². The number of Topliss-reactive ketones (excluding diaryl/α,β-unsaturated/α-hetero) is 1. The van der Waals surface area contributed by atoms with Crippen molar-refractivity contribution in [2.45, 2.75) is 52.0 Å². The van der Waals surface area contributed by atoms with Gasteiger partial charge in [-0.15, -0.1) is 0 Å². The number of benzene rings is 2. The van der Waals surface area contributed by atoms with Gasteiger partial charge in [-0.25, -0.2) is 4.98 Å². The third-order valence-electron chi connectivity index (χ3n) is 7.91. The van der Waals surface area contributed by atoms with Crippen molar-refractivity contribution in [2.75, 3.05) is 0 Å². The number of aryl methyl sites for hydroxylation is 2. The fraction of sp³-hybridized carbons (Fsp3) is 0.407. The van der Waals surface area contributed by atoms with Crippen LogP contribution >= 0.6 is 0 Å². The molecule has 158 valence electrons. The van der Waals surface area contributed by atoms with Gasteiger partial charge in [-0.1, -0.05) is 31.0 Å². The van der Waals surface area contributed by atoms with Crippen molar-refractivity contribution < 1.29 is 4.79 Å². The molecule has 0 aliphatic heterocycles. The number of carbonyl (C=O) groups excluding carboxylic acids is 1. The van der Waals surface area contributed by atoms with E-state index in [1.165, 1.54) is 43.0 Å². The average Bonchev–Trinajstić information content (AvgIpc) is 3.24. The number of imidazole rings is 1. The van der Waals surface area contributed by atoms with Gasteiger partial charge in [0.2, 0.25) is 0 Å². The second kappa shape index (κ2) is 6.81. The second-order valence-corrected chi connectivity index (χ2v) is 9.64. The largest absolute Gasteiger partial charge is 0.338 e. The van der Waals surface area contributed by atoms with Gasteiger partial charge >= 0.3 is 0 Å². The summed E-state index contributed by atoms with van der Waals surface area (Å²) in [5, 5.41) is 1.23. The summed E-state index contributed by atoms with van der Waals surface area (Å²) in [6, 6.07) is 16.8. The van der Waals surface area contributed by atoms with Crippen LogP contribution in [0.3, 0.4) is 0 Å². The van der Waals surface area contributed by atoms with E-state index >= 15 is 0 Å². The fourth-order valence-corrected chi connectivity index (χ4v) is 6.08. The Labute approximate surface area is 182 Å². The highest BCUT2D eigenvalue weighted by atomic mass is 16.1. The molecule has 0 N–H and O–H groups in total. The van der Waals surface area contributed by atoms with Crippen molar-refractivity contribution in [3.8, 4) is 11.5 Å². The van der Waals surface area contributed by atoms with Crippen molar-refractivity contribution in [1.82, 2.24) is 14.1 Å². The summed E-state index contributed by atoms with van der Waals surface area (Å²) in [4.78, 5) is 18.1. The number of nitrogens with zero attached hydrogens (tertiary/aromatic N) is 3. The molecule has 2 aromatic heterocycles. The molecule has 0 bridgehead atoms. The Hall–Kier alpha value is -2.88. The molecule has 2 saturated carbocycles. The summed E-state index contributed by atoms with van der Waals surface area (Å²) in [6.45, 7) is 3.06. The van der Waals surface area contributed by atoms with Gasteiger partial charge in [-0.3, -0.25) is 4.79 Å². The number of aromatic nitrogens is 3. The van der Waals surface area contributed by atoms with Crippen molar-refractivity contribution in [2.24, 2.45) is 18.4 Å². The minimum absolute atomic E-state index is 0.293. The van der Waals surface area contributed by atoms with Crippen LogP contribution in [0.2, 0.25) is 0 Å². The van der Waals surface area contributed by atoms with Gasteiger partial charge in [0.15, 0.2) is 11.6 Å². The minimum atomic E-state index is 0.293. The first-order chi connectivity index (χ1) is 15.1. The molecule has 4 nitrogen and oxygen atoms in total. The lowest BCUT2D eigenvalue weighted by Gasteiger charge is -2.21. The van der Waals surface area contributed by atoms with E-state index in [4.69, 9.17) is 4.98 Å². The Morgan fingerprint density at radius 3 is 2.84 bits per heavy atom. The van der Waals surface area contributed by atoms with Crippen LogP contribution in [0.5, 0.6) is 0 Å². The number of rotatable bonds is 5. The van der Waals surface area contributed by atoms with Crippen LogP contribution in [0.1, 0.15) is 55.8 Å². The Morgan fingerprint density at radius 1 is 1.13 bits per heavy atom. The van der Waals surface area contributed by atoms with Crippen LogP contribution in [-0.4, -0.2) is 19.9 Å². The fourth-order valence-electron chi connectivity index (χ4n) is 6.08. The molecule has 0 radical (unpaired) electrons. The van der Waals surface area contributed by atoms with E-state index in [0.717, 1.165) is 40.6 Å². The van der Waals surface area contributed by atoms with Gasteiger partial charge < -0.3 is 9.13 Å². The Morgan fingerprint density at radius 2 is 2.00 bits per heavy atom. The lowest BCUT2D eigenvalue weighted by atomic mass is 9.83. The normalized spacial score (nSPS) is 22.7. The maximum atomic E-state index is 13.1. The van der Waals surface area contributed by atoms with E-state index in [2.05, 4.69) is 59.5 Å². The van der Waals surface area contributed by atoms with Gasteiger partial charge in [0.1, 0.15) is 0 Å². The zero-order chi connectivity index (χ0) is 21.2. The summed E-state index contributed by atoms with van der Waals surface area (Å²) in [7, 11) is 2.07. The number of fused-ring (bicyclic) bond motifs is 3. The molecule has 6 rings (SSSR count). The van der Waals surface area contributed by atoms with E-state index in [0.29, 0.717) is 17.6 Å². The topological polar surface area (TPSA) is 39.8 Å². The molecule has 2 aromatic carbocycles. The van der Waals surface area contributed by atoms with Gasteiger partial charge in [-0.05, 0) is 67.9 Å². The molecular formula is C27H29N3O. The maximum absolute atomic E-state index is 13.1. The summed E-state index contributed by atoms with van der Waals surface area (Å²) >= 11 is 0. The van der Waals surface area contributed by atoms with Gasteiger partial charge in [0.25, 0.3) is 0 Å². The highest BCUT2D eigenvalue weighted by Gasteiger charge is 2.55. The van der Waals surface area contributed by atoms with Crippen LogP contribution in [-0.2, 0) is 13.6 Å². The number of carbonyl (C=O) groups is 1. The Kier molecular flexibility index (Phi) is 4.14. The van der Waals surface area contributed by atoms with Crippen molar-refractivity contribution in [3.63, 3.8) is 0 Å². The van der Waals surface area contributed by atoms with E-state index in [1.54, 1.807) is 0 Å². The summed E-state index contributed by atoms with van der Waals surface area (Å²) in [5.74, 6) is 2.04. The molecule has 0 spiro atoms. The molecule has 2 unspecified atom stereocenters. The van der Waals surface area contributed by atoms with Crippen molar-refractivity contribution in [1.29, 1.82) is 0 Å². The van der Waals surface area contributed by atoms with Crippen molar-refractivity contribution in [3.05, 3.63) is 54.1 Å². The molecule has 0 amide bonds. The first-order valence-corrected chi connectivity index (χ1v) is 11.7. The van der Waals surface area contributed by atoms with E-state index in [9.17, 15) is 4.79 Å². The quantitative estimate of drug-likeness (QED) is 0.358. The lowest BCUT2D eigenvalue weighted by Crippen LogP contribution is -2.15. The van der Waals surface area contributed by atoms with Crippen LogP contribution < -0.4 is 0 Å². The third-order valence-corrected chi connectivity index (χ3v) is 7.91. The lowest BCUT2D eigenvalue weighted by molar-refractivity contribution is 0.0939. The highest BCUT2D eigenvalue weighted by Crippen LogP contribution is 2.63. The molecule has 31 heavy (non-hydrogen) atoms. The molecule has 4 aromatic rings. The third kappa shape index (κ3) is 2.88. The van der Waals surface area contributed by atoms with Crippen molar-refractivity contribution >= 4 is 27.7 Å². The Balaban J connectivity index is 1.38.